The number of carbonyl (C=O) groups excluding carboxylic acids is 2. The lowest BCUT2D eigenvalue weighted by Gasteiger charge is -2.21. The molecule has 4 rings (SSSR count). The number of esters is 1. The SMILES string of the molecule is Cc1c([C@@H](NC(=O)Nc2ccc3c(c2)C(=O)OC3)C(C)C)oc2ccc(F)cc12. The van der Waals surface area contributed by atoms with Crippen LogP contribution in [-0.2, 0) is 11.3 Å². The highest BCUT2D eigenvalue weighted by molar-refractivity contribution is 5.96. The van der Waals surface area contributed by atoms with Gasteiger partial charge in [-0.3, -0.25) is 0 Å². The molecule has 0 unspecified atom stereocenters. The van der Waals surface area contributed by atoms with Crippen molar-refractivity contribution in [2.24, 2.45) is 5.92 Å². The minimum atomic E-state index is -0.430. The van der Waals surface area contributed by atoms with Crippen LogP contribution in [0.2, 0.25) is 0 Å². The van der Waals surface area contributed by atoms with Crippen molar-refractivity contribution in [2.75, 3.05) is 5.32 Å². The number of carbonyl (C=O) groups is 2. The average molecular weight is 396 g/mol. The maximum absolute atomic E-state index is 13.6. The van der Waals surface area contributed by atoms with E-state index in [-0.39, 0.29) is 18.3 Å². The van der Waals surface area contributed by atoms with Gasteiger partial charge >= 0.3 is 12.0 Å². The summed E-state index contributed by atoms with van der Waals surface area (Å²) >= 11 is 0. The summed E-state index contributed by atoms with van der Waals surface area (Å²) in [5.41, 5.74) is 3.11. The van der Waals surface area contributed by atoms with Crippen LogP contribution in [0.1, 0.15) is 47.1 Å². The first-order valence-corrected chi connectivity index (χ1v) is 9.39. The van der Waals surface area contributed by atoms with Crippen LogP contribution in [0.3, 0.4) is 0 Å². The summed E-state index contributed by atoms with van der Waals surface area (Å²) in [6.07, 6.45) is 0. The van der Waals surface area contributed by atoms with Gasteiger partial charge in [-0.2, -0.15) is 0 Å². The second-order valence-corrected chi connectivity index (χ2v) is 7.50. The number of nitrogens with one attached hydrogen (secondary N) is 2. The Kier molecular flexibility index (Phi) is 4.74. The van der Waals surface area contributed by atoms with Crippen molar-refractivity contribution in [1.82, 2.24) is 5.32 Å². The van der Waals surface area contributed by atoms with Gasteiger partial charge < -0.3 is 19.8 Å². The largest absolute Gasteiger partial charge is 0.459 e. The van der Waals surface area contributed by atoms with Crippen LogP contribution in [-0.4, -0.2) is 12.0 Å². The highest BCUT2D eigenvalue weighted by Crippen LogP contribution is 2.33. The quantitative estimate of drug-likeness (QED) is 0.604. The summed E-state index contributed by atoms with van der Waals surface area (Å²) < 4.78 is 24.5. The van der Waals surface area contributed by atoms with E-state index in [4.69, 9.17) is 9.15 Å². The van der Waals surface area contributed by atoms with Crippen LogP contribution in [0, 0.1) is 18.7 Å². The van der Waals surface area contributed by atoms with Crippen LogP contribution in [0.4, 0.5) is 14.9 Å². The van der Waals surface area contributed by atoms with E-state index in [0.29, 0.717) is 28.0 Å². The fourth-order valence-corrected chi connectivity index (χ4v) is 3.54. The van der Waals surface area contributed by atoms with Crippen molar-refractivity contribution in [2.45, 2.75) is 33.4 Å². The predicted octanol–water partition coefficient (Wildman–Crippen LogP) is 5.07. The summed E-state index contributed by atoms with van der Waals surface area (Å²) in [7, 11) is 0. The number of anilines is 1. The zero-order chi connectivity index (χ0) is 20.7. The van der Waals surface area contributed by atoms with Crippen molar-refractivity contribution in [3.05, 3.63) is 64.7 Å². The first-order valence-electron chi connectivity index (χ1n) is 9.39. The van der Waals surface area contributed by atoms with Crippen molar-refractivity contribution in [3.63, 3.8) is 0 Å². The lowest BCUT2D eigenvalue weighted by atomic mass is 9.98. The molecule has 0 saturated heterocycles. The first kappa shape index (κ1) is 19.0. The molecule has 1 aromatic heterocycles. The van der Waals surface area contributed by atoms with Gasteiger partial charge in [-0.15, -0.1) is 0 Å². The Balaban J connectivity index is 1.56. The summed E-state index contributed by atoms with van der Waals surface area (Å²) in [6.45, 7) is 6.02. The Morgan fingerprint density at radius 1 is 1.17 bits per heavy atom. The zero-order valence-corrected chi connectivity index (χ0v) is 16.3. The topological polar surface area (TPSA) is 80.6 Å². The highest BCUT2D eigenvalue weighted by Gasteiger charge is 2.26. The number of cyclic esters (lactones) is 1. The number of hydrogen-bond acceptors (Lipinski definition) is 4. The van der Waals surface area contributed by atoms with E-state index in [2.05, 4.69) is 10.6 Å². The number of halogens is 1. The van der Waals surface area contributed by atoms with E-state index in [9.17, 15) is 14.0 Å². The Morgan fingerprint density at radius 2 is 1.97 bits per heavy atom. The van der Waals surface area contributed by atoms with Gasteiger partial charge in [0, 0.05) is 22.2 Å². The van der Waals surface area contributed by atoms with Gasteiger partial charge in [-0.05, 0) is 43.2 Å². The van der Waals surface area contributed by atoms with Crippen LogP contribution in [0.25, 0.3) is 11.0 Å². The molecule has 2 heterocycles. The van der Waals surface area contributed by atoms with Gasteiger partial charge in [-0.25, -0.2) is 14.0 Å². The lowest BCUT2D eigenvalue weighted by molar-refractivity contribution is 0.0535. The number of ether oxygens (including phenoxy) is 1. The Hall–Kier alpha value is -3.35. The van der Waals surface area contributed by atoms with E-state index in [1.54, 1.807) is 24.3 Å². The third-order valence-corrected chi connectivity index (χ3v) is 5.12. The number of urea groups is 1. The molecule has 3 aromatic rings. The predicted molar refractivity (Wildman–Crippen MR) is 106 cm³/mol. The van der Waals surface area contributed by atoms with Crippen LogP contribution in [0.5, 0.6) is 0 Å². The summed E-state index contributed by atoms with van der Waals surface area (Å²) in [5.74, 6) is -0.114. The number of fused-ring (bicyclic) bond motifs is 2. The first-order chi connectivity index (χ1) is 13.8. The summed E-state index contributed by atoms with van der Waals surface area (Å²) in [5, 5.41) is 6.36. The molecule has 0 spiro atoms. The second kappa shape index (κ2) is 7.24. The molecule has 2 aromatic carbocycles. The zero-order valence-electron chi connectivity index (χ0n) is 16.3. The van der Waals surface area contributed by atoms with Crippen LogP contribution in [0.15, 0.2) is 40.8 Å². The monoisotopic (exact) mass is 396 g/mol. The van der Waals surface area contributed by atoms with Crippen LogP contribution < -0.4 is 10.6 Å². The normalized spacial score (nSPS) is 14.0. The second-order valence-electron chi connectivity index (χ2n) is 7.50. The summed E-state index contributed by atoms with van der Waals surface area (Å²) in [4.78, 5) is 24.3. The molecule has 1 aliphatic rings. The van der Waals surface area contributed by atoms with Gasteiger partial charge in [0.05, 0.1) is 11.6 Å². The maximum Gasteiger partial charge on any atom is 0.338 e. The maximum atomic E-state index is 13.6. The molecule has 6 nitrogen and oxygen atoms in total. The van der Waals surface area contributed by atoms with Crippen molar-refractivity contribution in [3.8, 4) is 0 Å². The van der Waals surface area contributed by atoms with Gasteiger partial charge in [-0.1, -0.05) is 19.9 Å². The fourth-order valence-electron chi connectivity index (χ4n) is 3.54. The molecule has 150 valence electrons. The molecule has 2 amide bonds. The van der Waals surface area contributed by atoms with Gasteiger partial charge in [0.1, 0.15) is 23.8 Å². The smallest absolute Gasteiger partial charge is 0.338 e. The lowest BCUT2D eigenvalue weighted by Crippen LogP contribution is -2.35. The number of hydrogen-bond donors (Lipinski definition) is 2. The molecule has 1 atom stereocenters. The number of furan rings is 1. The fraction of sp³-hybridized carbons (Fsp3) is 0.273. The third kappa shape index (κ3) is 3.55. The van der Waals surface area contributed by atoms with E-state index >= 15 is 0 Å². The van der Waals surface area contributed by atoms with E-state index in [0.717, 1.165) is 11.1 Å². The number of rotatable bonds is 4. The van der Waals surface area contributed by atoms with Crippen molar-refractivity contribution in [1.29, 1.82) is 0 Å². The van der Waals surface area contributed by atoms with Gasteiger partial charge in [0.25, 0.3) is 0 Å². The standard InChI is InChI=1S/C22H21FN2O4/c1-11(2)19(20-12(3)16-8-14(23)5-7-18(16)29-20)25-22(27)24-15-6-4-13-10-28-21(26)17(13)9-15/h4-9,11,19H,10H2,1-3H3,(H2,24,25,27)/t19-/m0/s1. The molecule has 0 bridgehead atoms. The molecule has 0 fully saturated rings. The van der Waals surface area contributed by atoms with E-state index < -0.39 is 18.0 Å². The average Bonchev–Trinajstić information content (AvgIpc) is 3.20. The minimum Gasteiger partial charge on any atom is -0.459 e. The third-order valence-electron chi connectivity index (χ3n) is 5.12. The molecule has 1 aliphatic heterocycles. The van der Waals surface area contributed by atoms with Gasteiger partial charge in [0.15, 0.2) is 0 Å². The van der Waals surface area contributed by atoms with Gasteiger partial charge in [0.2, 0.25) is 0 Å². The van der Waals surface area contributed by atoms with Crippen LogP contribution >= 0.6 is 0 Å². The molecular formula is C22H21FN2O4. The van der Waals surface area contributed by atoms with Crippen molar-refractivity contribution < 1.29 is 23.1 Å². The number of benzene rings is 2. The highest BCUT2D eigenvalue weighted by atomic mass is 19.1. The Morgan fingerprint density at radius 3 is 2.72 bits per heavy atom. The Labute approximate surface area is 167 Å². The van der Waals surface area contributed by atoms with Crippen molar-refractivity contribution >= 4 is 28.7 Å². The molecule has 0 radical (unpaired) electrons. The van der Waals surface area contributed by atoms with E-state index in [1.165, 1.54) is 12.1 Å². The summed E-state index contributed by atoms with van der Waals surface area (Å²) in [6, 6.07) is 8.60. The molecule has 7 heteroatoms. The van der Waals surface area contributed by atoms with E-state index in [1.807, 2.05) is 20.8 Å². The number of aryl methyl sites for hydroxylation is 1. The molecule has 0 saturated carbocycles. The molecule has 0 aliphatic carbocycles. The number of amides is 2. The Bertz CT molecular complexity index is 1120. The molecular weight excluding hydrogens is 375 g/mol. The molecule has 29 heavy (non-hydrogen) atoms. The molecule has 2 N–H and O–H groups in total. The minimum absolute atomic E-state index is 0.0276.